The third kappa shape index (κ3) is 5.13. The molecule has 0 saturated carbocycles. The standard InChI is InChI=1S/C19H30N2O/c1-19(2,3)16-10-6-7-11-17(16)20-18(22)12-15-21-13-8-4-5-9-14-21/h6-7,10-11H,4-5,8-9,12-15H2,1-3H3,(H,20,22). The van der Waals surface area contributed by atoms with Crippen LogP contribution in [0.1, 0.15) is 58.4 Å². The Morgan fingerprint density at radius 2 is 1.73 bits per heavy atom. The van der Waals surface area contributed by atoms with Gasteiger partial charge in [0.15, 0.2) is 0 Å². The van der Waals surface area contributed by atoms with Crippen LogP contribution in [0.25, 0.3) is 0 Å². The third-order valence-electron chi connectivity index (χ3n) is 4.36. The minimum absolute atomic E-state index is 0.0364. The summed E-state index contributed by atoms with van der Waals surface area (Å²) in [5, 5.41) is 3.11. The monoisotopic (exact) mass is 302 g/mol. The second kappa shape index (κ2) is 7.77. The largest absolute Gasteiger partial charge is 0.326 e. The molecular weight excluding hydrogens is 272 g/mol. The zero-order valence-corrected chi connectivity index (χ0v) is 14.3. The first-order valence-corrected chi connectivity index (χ1v) is 8.58. The van der Waals surface area contributed by atoms with Crippen molar-refractivity contribution in [1.29, 1.82) is 0 Å². The van der Waals surface area contributed by atoms with Gasteiger partial charge in [-0.1, -0.05) is 51.8 Å². The summed E-state index contributed by atoms with van der Waals surface area (Å²) in [6.07, 6.45) is 5.80. The Morgan fingerprint density at radius 1 is 1.09 bits per heavy atom. The fourth-order valence-corrected chi connectivity index (χ4v) is 3.08. The van der Waals surface area contributed by atoms with Crippen LogP contribution in [0.15, 0.2) is 24.3 Å². The van der Waals surface area contributed by atoms with Gasteiger partial charge in [0.2, 0.25) is 5.91 Å². The van der Waals surface area contributed by atoms with Gasteiger partial charge >= 0.3 is 0 Å². The first-order valence-electron chi connectivity index (χ1n) is 8.58. The second-order valence-corrected chi connectivity index (χ2v) is 7.35. The molecule has 1 aromatic rings. The van der Waals surface area contributed by atoms with Crippen molar-refractivity contribution < 1.29 is 4.79 Å². The lowest BCUT2D eigenvalue weighted by Crippen LogP contribution is -2.29. The number of rotatable bonds is 4. The highest BCUT2D eigenvalue weighted by atomic mass is 16.1. The summed E-state index contributed by atoms with van der Waals surface area (Å²) in [5.41, 5.74) is 2.18. The molecule has 1 amide bonds. The van der Waals surface area contributed by atoms with E-state index in [1.54, 1.807) is 0 Å². The van der Waals surface area contributed by atoms with E-state index in [1.165, 1.54) is 31.2 Å². The molecule has 1 heterocycles. The Balaban J connectivity index is 1.89. The molecular formula is C19H30N2O. The molecule has 3 heteroatoms. The van der Waals surface area contributed by atoms with E-state index in [0.29, 0.717) is 6.42 Å². The molecule has 0 bridgehead atoms. The van der Waals surface area contributed by atoms with Gasteiger partial charge in [0.1, 0.15) is 0 Å². The van der Waals surface area contributed by atoms with E-state index >= 15 is 0 Å². The molecule has 0 aliphatic carbocycles. The van der Waals surface area contributed by atoms with E-state index in [9.17, 15) is 4.79 Å². The normalized spacial score (nSPS) is 17.0. The van der Waals surface area contributed by atoms with Crippen molar-refractivity contribution in [3.8, 4) is 0 Å². The Hall–Kier alpha value is -1.35. The van der Waals surface area contributed by atoms with Gasteiger partial charge in [-0.15, -0.1) is 0 Å². The number of carbonyl (C=O) groups excluding carboxylic acids is 1. The predicted octanol–water partition coefficient (Wildman–Crippen LogP) is 4.19. The van der Waals surface area contributed by atoms with Crippen LogP contribution in [0, 0.1) is 0 Å². The Morgan fingerprint density at radius 3 is 2.36 bits per heavy atom. The lowest BCUT2D eigenvalue weighted by atomic mass is 9.86. The van der Waals surface area contributed by atoms with Crippen molar-refractivity contribution in [2.45, 2.75) is 58.3 Å². The van der Waals surface area contributed by atoms with Crippen LogP contribution in [0.4, 0.5) is 5.69 Å². The Labute approximate surface area is 135 Å². The maximum atomic E-state index is 12.3. The smallest absolute Gasteiger partial charge is 0.225 e. The van der Waals surface area contributed by atoms with E-state index < -0.39 is 0 Å². The summed E-state index contributed by atoms with van der Waals surface area (Å²) in [6, 6.07) is 8.13. The molecule has 1 aliphatic heterocycles. The quantitative estimate of drug-likeness (QED) is 0.904. The molecule has 1 N–H and O–H groups in total. The van der Waals surface area contributed by atoms with Crippen molar-refractivity contribution in [3.05, 3.63) is 29.8 Å². The van der Waals surface area contributed by atoms with Crippen molar-refractivity contribution in [1.82, 2.24) is 4.90 Å². The number of nitrogens with one attached hydrogen (secondary N) is 1. The van der Waals surface area contributed by atoms with Gasteiger partial charge in [-0.3, -0.25) is 4.79 Å². The fourth-order valence-electron chi connectivity index (χ4n) is 3.08. The van der Waals surface area contributed by atoms with E-state index in [1.807, 2.05) is 18.2 Å². The number of hydrogen-bond acceptors (Lipinski definition) is 2. The lowest BCUT2D eigenvalue weighted by Gasteiger charge is -2.23. The highest BCUT2D eigenvalue weighted by Gasteiger charge is 2.18. The molecule has 22 heavy (non-hydrogen) atoms. The third-order valence-corrected chi connectivity index (χ3v) is 4.36. The van der Waals surface area contributed by atoms with Crippen LogP contribution < -0.4 is 5.32 Å². The predicted molar refractivity (Wildman–Crippen MR) is 93.3 cm³/mol. The molecule has 122 valence electrons. The number of hydrogen-bond donors (Lipinski definition) is 1. The summed E-state index contributed by atoms with van der Waals surface area (Å²) in [7, 11) is 0. The molecule has 1 fully saturated rings. The van der Waals surface area contributed by atoms with E-state index in [-0.39, 0.29) is 11.3 Å². The van der Waals surface area contributed by atoms with E-state index in [2.05, 4.69) is 37.1 Å². The summed E-state index contributed by atoms with van der Waals surface area (Å²) < 4.78 is 0. The first kappa shape index (κ1) is 17.0. The van der Waals surface area contributed by atoms with E-state index in [0.717, 1.165) is 25.3 Å². The number of likely N-dealkylation sites (tertiary alicyclic amines) is 1. The Bertz CT molecular complexity index is 482. The topological polar surface area (TPSA) is 32.3 Å². The zero-order chi connectivity index (χ0) is 16.0. The van der Waals surface area contributed by atoms with Crippen LogP contribution >= 0.6 is 0 Å². The molecule has 0 spiro atoms. The number of anilines is 1. The average Bonchev–Trinajstić information content (AvgIpc) is 2.73. The van der Waals surface area contributed by atoms with Gasteiger partial charge in [0.05, 0.1) is 0 Å². The van der Waals surface area contributed by atoms with Gasteiger partial charge in [0.25, 0.3) is 0 Å². The number of carbonyl (C=O) groups is 1. The lowest BCUT2D eigenvalue weighted by molar-refractivity contribution is -0.116. The highest BCUT2D eigenvalue weighted by molar-refractivity contribution is 5.91. The van der Waals surface area contributed by atoms with Crippen molar-refractivity contribution in [2.24, 2.45) is 0 Å². The van der Waals surface area contributed by atoms with E-state index in [4.69, 9.17) is 0 Å². The molecule has 1 saturated heterocycles. The fraction of sp³-hybridized carbons (Fsp3) is 0.632. The minimum Gasteiger partial charge on any atom is -0.326 e. The average molecular weight is 302 g/mol. The summed E-state index contributed by atoms with van der Waals surface area (Å²) in [4.78, 5) is 14.7. The summed E-state index contributed by atoms with van der Waals surface area (Å²) in [6.45, 7) is 9.70. The van der Waals surface area contributed by atoms with Gasteiger partial charge in [0, 0.05) is 18.7 Å². The molecule has 1 aliphatic rings. The maximum absolute atomic E-state index is 12.3. The van der Waals surface area contributed by atoms with Crippen LogP contribution in [-0.2, 0) is 10.2 Å². The summed E-state index contributed by atoms with van der Waals surface area (Å²) in [5.74, 6) is 0.126. The zero-order valence-electron chi connectivity index (χ0n) is 14.3. The number of nitrogens with zero attached hydrogens (tertiary/aromatic N) is 1. The second-order valence-electron chi connectivity index (χ2n) is 7.35. The minimum atomic E-state index is 0.0364. The Kier molecular flexibility index (Phi) is 6.01. The van der Waals surface area contributed by atoms with Crippen molar-refractivity contribution in [3.63, 3.8) is 0 Å². The number of para-hydroxylation sites is 1. The molecule has 3 nitrogen and oxygen atoms in total. The molecule has 0 radical (unpaired) electrons. The highest BCUT2D eigenvalue weighted by Crippen LogP contribution is 2.29. The number of benzene rings is 1. The van der Waals surface area contributed by atoms with Crippen LogP contribution in [0.3, 0.4) is 0 Å². The maximum Gasteiger partial charge on any atom is 0.225 e. The van der Waals surface area contributed by atoms with Gasteiger partial charge in [-0.2, -0.15) is 0 Å². The van der Waals surface area contributed by atoms with Crippen molar-refractivity contribution in [2.75, 3.05) is 25.0 Å². The molecule has 0 unspecified atom stereocenters. The molecule has 0 atom stereocenters. The van der Waals surface area contributed by atoms with Crippen LogP contribution in [-0.4, -0.2) is 30.4 Å². The van der Waals surface area contributed by atoms with Gasteiger partial charge in [-0.05, 0) is 43.0 Å². The summed E-state index contributed by atoms with van der Waals surface area (Å²) >= 11 is 0. The number of amides is 1. The van der Waals surface area contributed by atoms with Gasteiger partial charge in [-0.25, -0.2) is 0 Å². The molecule has 1 aromatic carbocycles. The van der Waals surface area contributed by atoms with Crippen LogP contribution in [0.5, 0.6) is 0 Å². The first-order chi connectivity index (χ1) is 10.5. The molecule has 2 rings (SSSR count). The van der Waals surface area contributed by atoms with Gasteiger partial charge < -0.3 is 10.2 Å². The SMILES string of the molecule is CC(C)(C)c1ccccc1NC(=O)CCN1CCCCCC1. The van der Waals surface area contributed by atoms with Crippen LogP contribution in [0.2, 0.25) is 0 Å². The molecule has 0 aromatic heterocycles. The van der Waals surface area contributed by atoms with Crippen molar-refractivity contribution >= 4 is 11.6 Å².